The summed E-state index contributed by atoms with van der Waals surface area (Å²) >= 11 is 1.55. The molecule has 6 nitrogen and oxygen atoms in total. The minimum atomic E-state index is 0.730. The topological polar surface area (TPSA) is 64.7 Å². The van der Waals surface area contributed by atoms with Crippen LogP contribution in [-0.4, -0.2) is 27.4 Å². The van der Waals surface area contributed by atoms with Gasteiger partial charge >= 0.3 is 0 Å². The number of hydrogen-bond donors (Lipinski definition) is 0. The number of ether oxygens (including phenoxy) is 1. The first kappa shape index (κ1) is 22.3. The standard InChI is InChI=1S/C31H21N5OS/c1-37-22-17-15-20(16-18-22)27-19-38-31(36(27)21-9-3-2-4-10-21)35-34-29-24-12-6-5-11-23(24)28-30(29)33-26-14-8-7-13-25(26)32-28/h2-19H,1H3. The third kappa shape index (κ3) is 3.72. The van der Waals surface area contributed by atoms with Gasteiger partial charge in [0.15, 0.2) is 0 Å². The molecule has 4 aromatic carbocycles. The molecule has 0 atom stereocenters. The summed E-state index contributed by atoms with van der Waals surface area (Å²) in [5.41, 5.74) is 9.14. The van der Waals surface area contributed by atoms with Crippen molar-refractivity contribution in [2.45, 2.75) is 0 Å². The van der Waals surface area contributed by atoms with E-state index in [2.05, 4.69) is 46.3 Å². The largest absolute Gasteiger partial charge is 0.497 e. The van der Waals surface area contributed by atoms with E-state index in [1.165, 1.54) is 0 Å². The number of hydrogen-bond acceptors (Lipinski definition) is 6. The second-order valence-electron chi connectivity index (χ2n) is 8.81. The number of rotatable bonds is 4. The summed E-state index contributed by atoms with van der Waals surface area (Å²) < 4.78 is 7.48. The summed E-state index contributed by atoms with van der Waals surface area (Å²) in [6.07, 6.45) is 0. The molecule has 0 spiro atoms. The SMILES string of the molecule is COc1ccc(-c2csc(=NN=C3c4ccccc4-c4nc5ccccc5nc43)n2-c2ccccc2)cc1. The lowest BCUT2D eigenvalue weighted by atomic mass is 10.1. The lowest BCUT2D eigenvalue weighted by Gasteiger charge is -2.09. The maximum atomic E-state index is 5.35. The van der Waals surface area contributed by atoms with E-state index in [-0.39, 0.29) is 0 Å². The van der Waals surface area contributed by atoms with Gasteiger partial charge in [0.05, 0.1) is 29.5 Å². The van der Waals surface area contributed by atoms with Gasteiger partial charge in [0.25, 0.3) is 0 Å². The van der Waals surface area contributed by atoms with Crippen LogP contribution in [0, 0.1) is 0 Å². The van der Waals surface area contributed by atoms with Crippen molar-refractivity contribution in [3.05, 3.63) is 125 Å². The molecule has 0 fully saturated rings. The lowest BCUT2D eigenvalue weighted by Crippen LogP contribution is -2.14. The van der Waals surface area contributed by atoms with Crippen LogP contribution in [-0.2, 0) is 0 Å². The maximum absolute atomic E-state index is 5.35. The quantitative estimate of drug-likeness (QED) is 0.254. The number of benzene rings is 4. The molecule has 0 unspecified atom stereocenters. The molecule has 1 aliphatic carbocycles. The second-order valence-corrected chi connectivity index (χ2v) is 9.64. The fourth-order valence-electron chi connectivity index (χ4n) is 4.74. The summed E-state index contributed by atoms with van der Waals surface area (Å²) in [5.74, 6) is 0.818. The van der Waals surface area contributed by atoms with Crippen molar-refractivity contribution in [1.82, 2.24) is 14.5 Å². The van der Waals surface area contributed by atoms with Crippen molar-refractivity contribution < 1.29 is 4.74 Å². The predicted octanol–water partition coefficient (Wildman–Crippen LogP) is 6.49. The van der Waals surface area contributed by atoms with Crippen LogP contribution in [0.1, 0.15) is 11.3 Å². The predicted molar refractivity (Wildman–Crippen MR) is 152 cm³/mol. The molecule has 0 aliphatic heterocycles. The van der Waals surface area contributed by atoms with Gasteiger partial charge in [-0.05, 0) is 54.1 Å². The molecule has 7 rings (SSSR count). The van der Waals surface area contributed by atoms with Crippen LogP contribution >= 0.6 is 11.3 Å². The third-order valence-electron chi connectivity index (χ3n) is 6.58. The molecular formula is C31H21N5OS. The van der Waals surface area contributed by atoms with Gasteiger partial charge < -0.3 is 4.74 Å². The first-order chi connectivity index (χ1) is 18.8. The van der Waals surface area contributed by atoms with Crippen LogP contribution in [0.2, 0.25) is 0 Å². The number of aromatic nitrogens is 3. The molecule has 1 aliphatic rings. The van der Waals surface area contributed by atoms with Gasteiger partial charge in [0.2, 0.25) is 4.80 Å². The van der Waals surface area contributed by atoms with Crippen LogP contribution in [0.5, 0.6) is 5.75 Å². The third-order valence-corrected chi connectivity index (χ3v) is 7.39. The fourth-order valence-corrected chi connectivity index (χ4v) is 5.60. The van der Waals surface area contributed by atoms with Crippen molar-refractivity contribution in [2.24, 2.45) is 10.2 Å². The Morgan fingerprint density at radius 1 is 0.684 bits per heavy atom. The van der Waals surface area contributed by atoms with Crippen molar-refractivity contribution in [3.8, 4) is 34.0 Å². The highest BCUT2D eigenvalue weighted by Crippen LogP contribution is 2.35. The Kier molecular flexibility index (Phi) is 5.41. The van der Waals surface area contributed by atoms with Gasteiger partial charge in [-0.2, -0.15) is 0 Å². The molecule has 0 amide bonds. The highest BCUT2D eigenvalue weighted by atomic mass is 32.1. The number of methoxy groups -OCH3 is 1. The zero-order valence-electron chi connectivity index (χ0n) is 20.4. The maximum Gasteiger partial charge on any atom is 0.215 e. The van der Waals surface area contributed by atoms with Crippen LogP contribution in [0.3, 0.4) is 0 Å². The molecule has 2 aromatic heterocycles. The molecular weight excluding hydrogens is 490 g/mol. The molecule has 0 saturated carbocycles. The first-order valence-corrected chi connectivity index (χ1v) is 13.1. The minimum absolute atomic E-state index is 0.730. The molecule has 0 bridgehead atoms. The summed E-state index contributed by atoms with van der Waals surface area (Å²) in [6.45, 7) is 0. The van der Waals surface area contributed by atoms with E-state index in [1.807, 2.05) is 66.7 Å². The van der Waals surface area contributed by atoms with Crippen molar-refractivity contribution in [2.75, 3.05) is 7.11 Å². The number of fused-ring (bicyclic) bond motifs is 4. The normalized spacial score (nSPS) is 13.6. The van der Waals surface area contributed by atoms with Crippen molar-refractivity contribution >= 4 is 28.1 Å². The summed E-state index contributed by atoms with van der Waals surface area (Å²) in [6, 6.07) is 34.3. The van der Waals surface area contributed by atoms with Gasteiger partial charge in [-0.25, -0.2) is 9.97 Å². The summed E-state index contributed by atoms with van der Waals surface area (Å²) in [4.78, 5) is 10.6. The van der Waals surface area contributed by atoms with Gasteiger partial charge in [-0.15, -0.1) is 21.5 Å². The molecule has 0 radical (unpaired) electrons. The molecule has 38 heavy (non-hydrogen) atoms. The summed E-state index contributed by atoms with van der Waals surface area (Å²) in [7, 11) is 1.67. The van der Waals surface area contributed by atoms with E-state index in [4.69, 9.17) is 24.9 Å². The van der Waals surface area contributed by atoms with E-state index >= 15 is 0 Å². The van der Waals surface area contributed by atoms with Crippen LogP contribution < -0.4 is 9.54 Å². The molecule has 0 saturated heterocycles. The Labute approximate surface area is 222 Å². The highest BCUT2D eigenvalue weighted by molar-refractivity contribution is 7.07. The number of para-hydroxylation sites is 3. The Hall–Kier alpha value is -4.88. The number of thiazole rings is 1. The lowest BCUT2D eigenvalue weighted by molar-refractivity contribution is 0.415. The molecule has 2 heterocycles. The van der Waals surface area contributed by atoms with E-state index in [0.29, 0.717) is 0 Å². The average molecular weight is 512 g/mol. The Morgan fingerprint density at radius 3 is 2.08 bits per heavy atom. The Balaban J connectivity index is 1.43. The van der Waals surface area contributed by atoms with Crippen LogP contribution in [0.4, 0.5) is 0 Å². The summed E-state index contributed by atoms with van der Waals surface area (Å²) in [5, 5.41) is 11.7. The van der Waals surface area contributed by atoms with Gasteiger partial charge in [-0.3, -0.25) is 4.57 Å². The number of nitrogens with zero attached hydrogens (tertiary/aromatic N) is 5. The molecule has 0 N–H and O–H groups in total. The molecule has 6 aromatic rings. The zero-order valence-corrected chi connectivity index (χ0v) is 21.3. The van der Waals surface area contributed by atoms with E-state index in [0.717, 1.165) is 66.8 Å². The van der Waals surface area contributed by atoms with E-state index < -0.39 is 0 Å². The average Bonchev–Trinajstić information content (AvgIpc) is 3.54. The second kappa shape index (κ2) is 9.21. The monoisotopic (exact) mass is 511 g/mol. The van der Waals surface area contributed by atoms with E-state index in [1.54, 1.807) is 18.4 Å². The van der Waals surface area contributed by atoms with Crippen LogP contribution in [0.25, 0.3) is 39.2 Å². The minimum Gasteiger partial charge on any atom is -0.497 e. The van der Waals surface area contributed by atoms with Gasteiger partial charge in [0.1, 0.15) is 17.2 Å². The van der Waals surface area contributed by atoms with Gasteiger partial charge in [0, 0.05) is 22.2 Å². The molecule has 7 heteroatoms. The van der Waals surface area contributed by atoms with Crippen molar-refractivity contribution in [1.29, 1.82) is 0 Å². The molecule has 182 valence electrons. The van der Waals surface area contributed by atoms with Crippen LogP contribution in [0.15, 0.2) is 119 Å². The Morgan fingerprint density at radius 2 is 1.34 bits per heavy atom. The Bertz CT molecular complexity index is 1900. The highest BCUT2D eigenvalue weighted by Gasteiger charge is 2.28. The first-order valence-electron chi connectivity index (χ1n) is 12.2. The fraction of sp³-hybridized carbons (Fsp3) is 0.0323. The van der Waals surface area contributed by atoms with E-state index in [9.17, 15) is 0 Å². The smallest absolute Gasteiger partial charge is 0.215 e. The zero-order chi connectivity index (χ0) is 25.5. The van der Waals surface area contributed by atoms with Crippen molar-refractivity contribution in [3.63, 3.8) is 0 Å². The van der Waals surface area contributed by atoms with Gasteiger partial charge in [-0.1, -0.05) is 54.6 Å².